The summed E-state index contributed by atoms with van der Waals surface area (Å²) in [6.45, 7) is 3.15. The fourth-order valence-corrected chi connectivity index (χ4v) is 4.09. The van der Waals surface area contributed by atoms with Crippen molar-refractivity contribution in [3.8, 4) is 0 Å². The third-order valence-corrected chi connectivity index (χ3v) is 5.80. The van der Waals surface area contributed by atoms with Gasteiger partial charge in [0.1, 0.15) is 0 Å². The Hall–Kier alpha value is -1.21. The number of carbonyl (C=O) groups is 1. The van der Waals surface area contributed by atoms with Gasteiger partial charge in [-0.2, -0.15) is 11.8 Å². The smallest absolute Gasteiger partial charge is 0.224 e. The van der Waals surface area contributed by atoms with Gasteiger partial charge in [0.25, 0.3) is 0 Å². The summed E-state index contributed by atoms with van der Waals surface area (Å²) >= 11 is 3.68. The Morgan fingerprint density at radius 3 is 3.00 bits per heavy atom. The number of carbonyl (C=O) groups excluding carboxylic acids is 1. The molecule has 0 fully saturated rings. The van der Waals surface area contributed by atoms with Crippen LogP contribution in [0.3, 0.4) is 0 Å². The number of fused-ring (bicyclic) bond motifs is 1. The van der Waals surface area contributed by atoms with Gasteiger partial charge in [-0.05, 0) is 48.3 Å². The highest BCUT2D eigenvalue weighted by Crippen LogP contribution is 2.24. The van der Waals surface area contributed by atoms with Crippen LogP contribution < -0.4 is 10.6 Å². The molecular weight excluding hydrogens is 340 g/mol. The minimum absolute atomic E-state index is 0.217. The summed E-state index contributed by atoms with van der Waals surface area (Å²) in [6.07, 6.45) is 5.98. The van der Waals surface area contributed by atoms with Crippen molar-refractivity contribution in [3.63, 3.8) is 0 Å². The molecule has 1 aromatic rings. The van der Waals surface area contributed by atoms with Gasteiger partial charge in [0.15, 0.2) is 5.96 Å². The van der Waals surface area contributed by atoms with Crippen LogP contribution in [0.4, 0.5) is 0 Å². The summed E-state index contributed by atoms with van der Waals surface area (Å²) in [6, 6.07) is 2.14. The van der Waals surface area contributed by atoms with Crippen molar-refractivity contribution < 1.29 is 4.79 Å². The summed E-state index contributed by atoms with van der Waals surface area (Å²) in [4.78, 5) is 20.0. The second kappa shape index (κ2) is 10.6. The summed E-state index contributed by atoms with van der Waals surface area (Å²) in [5, 5.41) is 8.65. The molecule has 2 N–H and O–H groups in total. The first kappa shape index (κ1) is 19.1. The molecule has 0 spiro atoms. The number of nitrogens with zero attached hydrogens (tertiary/aromatic N) is 2. The molecule has 0 unspecified atom stereocenters. The average Bonchev–Trinajstić information content (AvgIpc) is 3.07. The van der Waals surface area contributed by atoms with Gasteiger partial charge >= 0.3 is 0 Å². The topological polar surface area (TPSA) is 56.7 Å². The molecule has 0 bridgehead atoms. The van der Waals surface area contributed by atoms with Crippen molar-refractivity contribution in [1.29, 1.82) is 0 Å². The maximum atomic E-state index is 12.4. The van der Waals surface area contributed by atoms with Gasteiger partial charge in [-0.15, -0.1) is 11.3 Å². The first-order valence-corrected chi connectivity index (χ1v) is 10.8. The van der Waals surface area contributed by atoms with Gasteiger partial charge < -0.3 is 15.5 Å². The Bertz CT molecular complexity index is 544. The molecule has 1 aliphatic heterocycles. The molecule has 2 heterocycles. The summed E-state index contributed by atoms with van der Waals surface area (Å²) < 4.78 is 0. The predicted molar refractivity (Wildman–Crippen MR) is 105 cm³/mol. The van der Waals surface area contributed by atoms with E-state index in [0.29, 0.717) is 13.0 Å². The molecule has 2 rings (SSSR count). The highest BCUT2D eigenvalue weighted by Gasteiger charge is 2.20. The van der Waals surface area contributed by atoms with Crippen LogP contribution in [-0.4, -0.2) is 55.5 Å². The quantitative estimate of drug-likeness (QED) is 0.420. The fourth-order valence-electron chi connectivity index (χ4n) is 2.71. The van der Waals surface area contributed by atoms with Gasteiger partial charge in [0, 0.05) is 44.5 Å². The van der Waals surface area contributed by atoms with Crippen LogP contribution in [0.1, 0.15) is 29.7 Å². The monoisotopic (exact) mass is 368 g/mol. The molecule has 1 amide bonds. The van der Waals surface area contributed by atoms with Crippen molar-refractivity contribution in [1.82, 2.24) is 15.5 Å². The Kier molecular flexibility index (Phi) is 8.45. The lowest BCUT2D eigenvalue weighted by Gasteiger charge is -2.27. The van der Waals surface area contributed by atoms with E-state index in [1.54, 1.807) is 18.4 Å². The number of nitrogens with one attached hydrogen (secondary N) is 2. The molecule has 24 heavy (non-hydrogen) atoms. The van der Waals surface area contributed by atoms with E-state index in [2.05, 4.69) is 33.3 Å². The number of unbranched alkanes of at least 4 members (excludes halogenated alkanes) is 1. The lowest BCUT2D eigenvalue weighted by Crippen LogP contribution is -2.41. The van der Waals surface area contributed by atoms with Crippen molar-refractivity contribution >= 4 is 35.0 Å². The molecule has 134 valence electrons. The highest BCUT2D eigenvalue weighted by molar-refractivity contribution is 7.98. The summed E-state index contributed by atoms with van der Waals surface area (Å²) in [7, 11) is 1.77. The molecule has 0 radical (unpaired) electrons. The largest absolute Gasteiger partial charge is 0.356 e. The third-order valence-electron chi connectivity index (χ3n) is 4.08. The molecule has 1 aliphatic rings. The number of thiophene rings is 1. The molecule has 0 saturated heterocycles. The Balaban J connectivity index is 1.63. The van der Waals surface area contributed by atoms with Gasteiger partial charge in [-0.1, -0.05) is 0 Å². The van der Waals surface area contributed by atoms with E-state index >= 15 is 0 Å². The van der Waals surface area contributed by atoms with Crippen molar-refractivity contribution in [2.24, 2.45) is 4.99 Å². The fraction of sp³-hybridized carbons (Fsp3) is 0.647. The van der Waals surface area contributed by atoms with Gasteiger partial charge in [0.05, 0.1) is 0 Å². The molecule has 7 heteroatoms. The minimum atomic E-state index is 0.217. The first-order chi connectivity index (χ1) is 11.7. The lowest BCUT2D eigenvalue weighted by molar-refractivity contribution is -0.131. The lowest BCUT2D eigenvalue weighted by atomic mass is 10.1. The van der Waals surface area contributed by atoms with E-state index < -0.39 is 0 Å². The van der Waals surface area contributed by atoms with Crippen LogP contribution in [-0.2, 0) is 17.8 Å². The number of aliphatic imine (C=N–C) groups is 1. The van der Waals surface area contributed by atoms with Gasteiger partial charge in [0.2, 0.25) is 5.91 Å². The standard InChI is InChI=1S/C17H28N4OS2/c1-18-17(19-8-3-4-11-23-2)20-9-5-16(22)21-10-6-15-14(13-21)7-12-24-15/h7,12H,3-6,8-11,13H2,1-2H3,(H2,18,19,20). The zero-order valence-corrected chi connectivity index (χ0v) is 16.3. The number of hydrogen-bond acceptors (Lipinski definition) is 4. The van der Waals surface area contributed by atoms with E-state index in [-0.39, 0.29) is 5.91 Å². The van der Waals surface area contributed by atoms with Gasteiger partial charge in [-0.3, -0.25) is 9.79 Å². The maximum Gasteiger partial charge on any atom is 0.224 e. The first-order valence-electron chi connectivity index (χ1n) is 8.51. The molecular formula is C17H28N4OS2. The number of guanidine groups is 1. The second-order valence-electron chi connectivity index (χ2n) is 5.81. The van der Waals surface area contributed by atoms with E-state index in [1.165, 1.54) is 22.6 Å². The third kappa shape index (κ3) is 6.02. The zero-order chi connectivity index (χ0) is 17.2. The van der Waals surface area contributed by atoms with Crippen LogP contribution >= 0.6 is 23.1 Å². The van der Waals surface area contributed by atoms with Gasteiger partial charge in [-0.25, -0.2) is 0 Å². The Labute approximate surface area is 153 Å². The second-order valence-corrected chi connectivity index (χ2v) is 7.80. The van der Waals surface area contributed by atoms with Crippen LogP contribution in [0.2, 0.25) is 0 Å². The highest BCUT2D eigenvalue weighted by atomic mass is 32.2. The SMILES string of the molecule is CN=C(NCCCCSC)NCCC(=O)N1CCc2sccc2C1. The molecule has 5 nitrogen and oxygen atoms in total. The van der Waals surface area contributed by atoms with Crippen molar-refractivity contribution in [2.75, 3.05) is 38.7 Å². The molecule has 1 aromatic heterocycles. The number of rotatable bonds is 8. The summed E-state index contributed by atoms with van der Waals surface area (Å²) in [5.74, 6) is 2.20. The predicted octanol–water partition coefficient (Wildman–Crippen LogP) is 2.33. The Morgan fingerprint density at radius 2 is 2.21 bits per heavy atom. The van der Waals surface area contributed by atoms with Crippen LogP contribution in [0.5, 0.6) is 0 Å². The number of thioether (sulfide) groups is 1. The number of hydrogen-bond donors (Lipinski definition) is 2. The number of amides is 1. The average molecular weight is 369 g/mol. The maximum absolute atomic E-state index is 12.4. The van der Waals surface area contributed by atoms with E-state index in [4.69, 9.17) is 0 Å². The van der Waals surface area contributed by atoms with Crippen LogP contribution in [0.25, 0.3) is 0 Å². The molecule has 0 aromatic carbocycles. The molecule has 0 saturated carbocycles. The molecule has 0 aliphatic carbocycles. The summed E-state index contributed by atoms with van der Waals surface area (Å²) in [5.41, 5.74) is 1.32. The van der Waals surface area contributed by atoms with Crippen LogP contribution in [0, 0.1) is 0 Å². The molecule has 0 atom stereocenters. The van der Waals surface area contributed by atoms with E-state index in [1.807, 2.05) is 16.7 Å². The van der Waals surface area contributed by atoms with Crippen molar-refractivity contribution in [3.05, 3.63) is 21.9 Å². The Morgan fingerprint density at radius 1 is 1.38 bits per heavy atom. The van der Waals surface area contributed by atoms with Crippen molar-refractivity contribution in [2.45, 2.75) is 32.2 Å². The zero-order valence-electron chi connectivity index (χ0n) is 14.6. The minimum Gasteiger partial charge on any atom is -0.356 e. The van der Waals surface area contributed by atoms with E-state index in [0.717, 1.165) is 38.4 Å². The normalized spacial score (nSPS) is 14.4. The van der Waals surface area contributed by atoms with Crippen LogP contribution in [0.15, 0.2) is 16.4 Å². The van der Waals surface area contributed by atoms with E-state index in [9.17, 15) is 4.79 Å².